The van der Waals surface area contributed by atoms with Gasteiger partial charge in [0.05, 0.1) is 0 Å². The van der Waals surface area contributed by atoms with Crippen LogP contribution in [0.3, 0.4) is 0 Å². The third kappa shape index (κ3) is 1.84. The van der Waals surface area contributed by atoms with Crippen LogP contribution in [0.1, 0.15) is 13.8 Å². The molecule has 0 aromatic carbocycles. The second kappa shape index (κ2) is 2.78. The first-order valence-electron chi connectivity index (χ1n) is 2.07. The van der Waals surface area contributed by atoms with Crippen molar-refractivity contribution in [1.29, 1.82) is 0 Å². The van der Waals surface area contributed by atoms with Crippen molar-refractivity contribution in [1.82, 2.24) is 0 Å². The first kappa shape index (κ1) is 5.56. The van der Waals surface area contributed by atoms with Crippen LogP contribution < -0.4 is 0 Å². The zero-order valence-corrected chi connectivity index (χ0v) is 4.23. The summed E-state index contributed by atoms with van der Waals surface area (Å²) in [5.74, 6) is 2.90. The van der Waals surface area contributed by atoms with Crippen LogP contribution in [-0.2, 0) is 0 Å². The zero-order chi connectivity index (χ0) is 4.99. The molecular weight excluding hydrogens is 72.1 g/mol. The summed E-state index contributed by atoms with van der Waals surface area (Å²) in [7, 11) is 0. The number of rotatable bonds is 1. The van der Waals surface area contributed by atoms with E-state index in [9.17, 15) is 0 Å². The van der Waals surface area contributed by atoms with Gasteiger partial charge in [-0.05, 0) is 0 Å². The lowest BCUT2D eigenvalue weighted by Crippen LogP contribution is -1.83. The Labute approximate surface area is 39.6 Å². The minimum atomic E-state index is 0.338. The molecule has 0 radical (unpaired) electrons. The van der Waals surface area contributed by atoms with E-state index in [-0.39, 0.29) is 0 Å². The van der Waals surface area contributed by atoms with Gasteiger partial charge in [-0.2, -0.15) is 6.92 Å². The molecule has 0 spiro atoms. The van der Waals surface area contributed by atoms with Gasteiger partial charge in [0, 0.05) is 0 Å². The largest absolute Gasteiger partial charge is 0.317 e. The van der Waals surface area contributed by atoms with E-state index in [0.29, 0.717) is 5.92 Å². The van der Waals surface area contributed by atoms with Crippen LogP contribution in [0.4, 0.5) is 0 Å². The van der Waals surface area contributed by atoms with Crippen LogP contribution >= 0.6 is 0 Å². The molecule has 0 aromatic rings. The van der Waals surface area contributed by atoms with Gasteiger partial charge in [-0.1, -0.05) is 6.92 Å². The second-order valence-electron chi connectivity index (χ2n) is 1.29. The van der Waals surface area contributed by atoms with Gasteiger partial charge in [0.25, 0.3) is 0 Å². The fourth-order valence-corrected chi connectivity index (χ4v) is 0.0962. The molecule has 0 nitrogen and oxygen atoms in total. The average molecular weight is 81.1 g/mol. The Kier molecular flexibility index (Phi) is 2.58. The summed E-state index contributed by atoms with van der Waals surface area (Å²) in [6, 6.07) is 0. The zero-order valence-electron chi connectivity index (χ0n) is 4.23. The van der Waals surface area contributed by atoms with Crippen LogP contribution in [0.15, 0.2) is 0 Å². The maximum atomic E-state index is 5.00. The summed E-state index contributed by atoms with van der Waals surface area (Å²) in [6.07, 6.45) is 6.99. The predicted octanol–water partition coefficient (Wildman–Crippen LogP) is 1.48. The molecule has 0 aliphatic carbocycles. The van der Waals surface area contributed by atoms with Gasteiger partial charge in [-0.15, -0.1) is 18.3 Å². The molecule has 0 rings (SSSR count). The highest BCUT2D eigenvalue weighted by Crippen LogP contribution is 1.92. The molecule has 0 amide bonds. The molecule has 0 saturated heterocycles. The SMILES string of the molecule is C#CC(C)[CH-]C. The van der Waals surface area contributed by atoms with E-state index in [2.05, 4.69) is 5.92 Å². The molecule has 0 aliphatic heterocycles. The Morgan fingerprint density at radius 2 is 2.33 bits per heavy atom. The Bertz CT molecular complexity index is 56.9. The Balaban J connectivity index is 3.04. The van der Waals surface area contributed by atoms with Crippen LogP contribution in [0.25, 0.3) is 0 Å². The van der Waals surface area contributed by atoms with Crippen molar-refractivity contribution < 1.29 is 0 Å². The van der Waals surface area contributed by atoms with Crippen molar-refractivity contribution in [2.24, 2.45) is 5.92 Å². The third-order valence-corrected chi connectivity index (χ3v) is 0.763. The molecule has 0 saturated carbocycles. The van der Waals surface area contributed by atoms with Gasteiger partial charge < -0.3 is 6.42 Å². The van der Waals surface area contributed by atoms with Gasteiger partial charge in [-0.25, -0.2) is 0 Å². The van der Waals surface area contributed by atoms with Gasteiger partial charge in [0.2, 0.25) is 0 Å². The highest BCUT2D eigenvalue weighted by molar-refractivity contribution is 4.95. The normalized spacial score (nSPS) is 12.8. The Morgan fingerprint density at radius 1 is 1.83 bits per heavy atom. The van der Waals surface area contributed by atoms with E-state index in [1.54, 1.807) is 0 Å². The van der Waals surface area contributed by atoms with E-state index >= 15 is 0 Å². The van der Waals surface area contributed by atoms with Crippen LogP contribution in [0.2, 0.25) is 0 Å². The molecule has 0 fully saturated rings. The maximum Gasteiger partial charge on any atom is -0.0794 e. The van der Waals surface area contributed by atoms with Crippen molar-refractivity contribution in [2.45, 2.75) is 13.8 Å². The van der Waals surface area contributed by atoms with Gasteiger partial charge >= 0.3 is 0 Å². The van der Waals surface area contributed by atoms with Gasteiger partial charge in [0.15, 0.2) is 0 Å². The number of hydrogen-bond donors (Lipinski definition) is 0. The standard InChI is InChI=1S/C6H9/c1-4-6(3)5-2/h1,5-6H,2-3H3/q-1. The molecule has 0 heteroatoms. The van der Waals surface area contributed by atoms with Gasteiger partial charge in [0.1, 0.15) is 0 Å². The van der Waals surface area contributed by atoms with Crippen molar-refractivity contribution in [3.8, 4) is 12.3 Å². The lowest BCUT2D eigenvalue weighted by atomic mass is 10.1. The highest BCUT2D eigenvalue weighted by atomic mass is 13.9. The maximum absolute atomic E-state index is 5.00. The Morgan fingerprint density at radius 3 is 2.33 bits per heavy atom. The first-order valence-corrected chi connectivity index (χ1v) is 2.07. The van der Waals surface area contributed by atoms with Crippen LogP contribution in [-0.4, -0.2) is 0 Å². The molecule has 1 unspecified atom stereocenters. The van der Waals surface area contributed by atoms with Gasteiger partial charge in [-0.3, -0.25) is 0 Å². The molecule has 34 valence electrons. The fraction of sp³-hybridized carbons (Fsp3) is 0.500. The molecule has 0 aliphatic rings. The Hall–Kier alpha value is -0.440. The minimum Gasteiger partial charge on any atom is -0.317 e. The first-order chi connectivity index (χ1) is 2.81. The van der Waals surface area contributed by atoms with E-state index in [4.69, 9.17) is 6.42 Å². The topological polar surface area (TPSA) is 0 Å². The second-order valence-corrected chi connectivity index (χ2v) is 1.29. The fourth-order valence-electron chi connectivity index (χ4n) is 0.0962. The van der Waals surface area contributed by atoms with E-state index in [1.165, 1.54) is 0 Å². The van der Waals surface area contributed by atoms with Crippen LogP contribution in [0, 0.1) is 24.7 Å². The van der Waals surface area contributed by atoms with Crippen LogP contribution in [0.5, 0.6) is 0 Å². The molecule has 0 N–H and O–H groups in total. The highest BCUT2D eigenvalue weighted by Gasteiger charge is 1.72. The summed E-state index contributed by atoms with van der Waals surface area (Å²) >= 11 is 0. The lowest BCUT2D eigenvalue weighted by molar-refractivity contribution is 0.891. The lowest BCUT2D eigenvalue weighted by Gasteiger charge is -2.04. The van der Waals surface area contributed by atoms with E-state index in [0.717, 1.165) is 0 Å². The molecule has 0 heterocycles. The van der Waals surface area contributed by atoms with Crippen molar-refractivity contribution in [3.63, 3.8) is 0 Å². The van der Waals surface area contributed by atoms with E-state index < -0.39 is 0 Å². The van der Waals surface area contributed by atoms with E-state index in [1.807, 2.05) is 20.3 Å². The number of hydrogen-bond acceptors (Lipinski definition) is 0. The molecular formula is C6H9-. The molecule has 1 atom stereocenters. The summed E-state index contributed by atoms with van der Waals surface area (Å²) < 4.78 is 0. The van der Waals surface area contributed by atoms with Crippen molar-refractivity contribution in [3.05, 3.63) is 6.42 Å². The summed E-state index contributed by atoms with van der Waals surface area (Å²) in [4.78, 5) is 0. The molecule has 0 aromatic heterocycles. The molecule has 0 bridgehead atoms. The summed E-state index contributed by atoms with van der Waals surface area (Å²) in [6.45, 7) is 3.95. The van der Waals surface area contributed by atoms with Crippen molar-refractivity contribution >= 4 is 0 Å². The third-order valence-electron chi connectivity index (χ3n) is 0.763. The quantitative estimate of drug-likeness (QED) is 0.331. The summed E-state index contributed by atoms with van der Waals surface area (Å²) in [5.41, 5.74) is 0. The smallest absolute Gasteiger partial charge is 0.0794 e. The average Bonchev–Trinajstić information content (AvgIpc) is 1.65. The number of terminal acetylenes is 1. The van der Waals surface area contributed by atoms with Crippen molar-refractivity contribution in [2.75, 3.05) is 0 Å². The monoisotopic (exact) mass is 81.1 g/mol. The predicted molar refractivity (Wildman–Crippen MR) is 28.0 cm³/mol. The summed E-state index contributed by atoms with van der Waals surface area (Å²) in [5, 5.41) is 0. The minimum absolute atomic E-state index is 0.338. The molecule has 6 heavy (non-hydrogen) atoms.